The van der Waals surface area contributed by atoms with Crippen LogP contribution in [0.15, 0.2) is 22.6 Å². The average molecular weight is 667 g/mol. The van der Waals surface area contributed by atoms with Crippen LogP contribution in [0.1, 0.15) is 39.5 Å². The first kappa shape index (κ1) is 28.0. The second kappa shape index (κ2) is 10.2. The second-order valence-electron chi connectivity index (χ2n) is 6.07. The maximum atomic E-state index is 6.56. The third-order valence-corrected chi connectivity index (χ3v) is 36.3. The van der Waals surface area contributed by atoms with Crippen molar-refractivity contribution in [2.24, 2.45) is 22.6 Å². The molecule has 2 aliphatic rings. The maximum absolute atomic E-state index is 6.56. The molecule has 0 amide bonds. The maximum Gasteiger partial charge on any atom is 0.256 e. The lowest BCUT2D eigenvalue weighted by Gasteiger charge is -2.38. The average Bonchev–Trinajstić information content (AvgIpc) is 2.44. The molecule has 0 bridgehead atoms. The van der Waals surface area contributed by atoms with Crippen LogP contribution in [0.5, 0.6) is 0 Å². The number of halogens is 8. The quantitative estimate of drug-likeness (QED) is 0.243. The van der Waals surface area contributed by atoms with Crippen LogP contribution in [0, 0.1) is 0 Å². The first-order valence-electron chi connectivity index (χ1n) is 8.12. The monoisotopic (exact) mass is 663 g/mol. The molecule has 0 aliphatic carbocycles. The fourth-order valence-corrected chi connectivity index (χ4v) is 53.6. The largest absolute Gasteiger partial charge is 0.256 e. The summed E-state index contributed by atoms with van der Waals surface area (Å²) in [6, 6.07) is 0. The molecule has 0 fully saturated rings. The molecule has 2 heterocycles. The van der Waals surface area contributed by atoms with E-state index in [0.29, 0.717) is 12.3 Å². The number of unbranched alkanes of at least 4 members (excludes halogenated alkanes) is 2. The highest BCUT2D eigenvalue weighted by Crippen LogP contribution is 3.01. The van der Waals surface area contributed by atoms with E-state index in [1.807, 2.05) is 0 Å². The van der Waals surface area contributed by atoms with Crippen LogP contribution < -0.4 is 0 Å². The molecule has 2 unspecified atom stereocenters. The summed E-state index contributed by atoms with van der Waals surface area (Å²) < 4.78 is 23.4. The Labute approximate surface area is 205 Å². The Morgan fingerprint density at radius 3 is 1.50 bits per heavy atom. The Bertz CT molecular complexity index is 870. The van der Waals surface area contributed by atoms with Crippen molar-refractivity contribution in [2.45, 2.75) is 39.5 Å². The van der Waals surface area contributed by atoms with Crippen molar-refractivity contribution in [1.29, 1.82) is 0 Å². The summed E-state index contributed by atoms with van der Waals surface area (Å²) in [6.07, 6.45) is 4.48. The fourth-order valence-electron chi connectivity index (χ4n) is 2.64. The van der Waals surface area contributed by atoms with E-state index in [4.69, 9.17) is 108 Å². The van der Waals surface area contributed by atoms with E-state index in [1.165, 1.54) is 5.54 Å². The SMILES string of the molecule is CCCCP1(P2(CCCC)=NP(Cl)(Cl)=NP(Cl)(Cl)=N2)=NP(Cl)(Cl)=CP(Cl)(Cl)=N1. The summed E-state index contributed by atoms with van der Waals surface area (Å²) in [5, 5.41) is 0. The van der Waals surface area contributed by atoms with Crippen molar-refractivity contribution in [3.63, 3.8) is 0 Å². The van der Waals surface area contributed by atoms with Gasteiger partial charge in [0.15, 0.2) is 11.5 Å². The third kappa shape index (κ3) is 7.13. The van der Waals surface area contributed by atoms with Crippen LogP contribution in [-0.4, -0.2) is 17.9 Å². The Morgan fingerprint density at radius 1 is 0.607 bits per heavy atom. The molecule has 0 saturated heterocycles. The zero-order chi connectivity index (χ0) is 21.5. The van der Waals surface area contributed by atoms with Gasteiger partial charge >= 0.3 is 0 Å². The van der Waals surface area contributed by atoms with E-state index in [2.05, 4.69) is 18.4 Å². The zero-order valence-corrected chi connectivity index (χ0v) is 26.2. The topological polar surface area (TPSA) is 61.8 Å². The van der Waals surface area contributed by atoms with Gasteiger partial charge in [0.2, 0.25) is 0 Å². The van der Waals surface area contributed by atoms with Gasteiger partial charge in [0.25, 0.3) is 11.8 Å². The van der Waals surface area contributed by atoms with Gasteiger partial charge in [-0.25, -0.2) is 18.1 Å². The predicted octanol–water partition coefficient (Wildman–Crippen LogP) is 14.1. The Morgan fingerprint density at radius 2 is 1.07 bits per heavy atom. The molecule has 0 aromatic heterocycles. The smallest absolute Gasteiger partial charge is 0.221 e. The van der Waals surface area contributed by atoms with Crippen LogP contribution in [0.4, 0.5) is 0 Å². The molecule has 19 heteroatoms. The lowest BCUT2D eigenvalue weighted by Crippen LogP contribution is -1.97. The first-order chi connectivity index (χ1) is 12.6. The molecular formula is C9H19Cl8N5P6. The lowest BCUT2D eigenvalue weighted by atomic mass is 10.4. The number of hydrogen-bond donors (Lipinski definition) is 0. The molecule has 0 radical (unpaired) electrons. The minimum atomic E-state index is -3.16. The molecule has 0 aromatic carbocycles. The Hall–Kier alpha value is 3.77. The van der Waals surface area contributed by atoms with Gasteiger partial charge in [-0.3, -0.25) is 0 Å². The number of hydrogen-bond acceptors (Lipinski definition) is 5. The second-order valence-corrected chi connectivity index (χ2v) is 35.9. The van der Waals surface area contributed by atoms with Crippen molar-refractivity contribution in [2.75, 3.05) is 12.3 Å². The summed E-state index contributed by atoms with van der Waals surface area (Å²) in [5.74, 6) is -12.2. The van der Waals surface area contributed by atoms with Gasteiger partial charge in [0.05, 0.1) is 0 Å². The highest BCUT2D eigenvalue weighted by Gasteiger charge is 2.47. The van der Waals surface area contributed by atoms with Crippen LogP contribution in [0.2, 0.25) is 0 Å². The molecule has 0 spiro atoms. The van der Waals surface area contributed by atoms with Gasteiger partial charge in [-0.1, -0.05) is 71.7 Å². The highest BCUT2D eigenvalue weighted by molar-refractivity contribution is 8.46. The van der Waals surface area contributed by atoms with Crippen molar-refractivity contribution in [1.82, 2.24) is 0 Å². The van der Waals surface area contributed by atoms with Gasteiger partial charge in [-0.15, -0.1) is 0 Å². The molecular weight excluding hydrogens is 648 g/mol. The summed E-state index contributed by atoms with van der Waals surface area (Å²) in [5.41, 5.74) is 1.48. The van der Waals surface area contributed by atoms with E-state index >= 15 is 0 Å². The Balaban J connectivity index is 3.03. The summed E-state index contributed by atoms with van der Waals surface area (Å²) in [4.78, 5) is 0. The molecule has 5 nitrogen and oxygen atoms in total. The predicted molar refractivity (Wildman–Crippen MR) is 146 cm³/mol. The van der Waals surface area contributed by atoms with Crippen LogP contribution >= 0.6 is 127 Å². The van der Waals surface area contributed by atoms with Gasteiger partial charge in [-0.2, -0.15) is 4.52 Å². The molecule has 0 saturated carbocycles. The summed E-state index contributed by atoms with van der Waals surface area (Å²) >= 11 is 52.1. The molecule has 166 valence electrons. The molecule has 2 rings (SSSR count). The van der Waals surface area contributed by atoms with Gasteiger partial charge in [-0.05, 0) is 57.8 Å². The molecule has 0 N–H and O–H groups in total. The van der Waals surface area contributed by atoms with E-state index < -0.39 is 37.1 Å². The summed E-state index contributed by atoms with van der Waals surface area (Å²) in [6.45, 7) is -1.55. The Kier molecular flexibility index (Phi) is 10.2. The molecule has 0 aromatic rings. The standard InChI is InChI=1S/C9H19Cl8N5P6/c1-3-5-7-25(18-23(10,11)9-24(12,13)19-25)26(8-6-4-2)20-27(14,15)22-28(16,17)21-26/h9H,3-8H2,1-2H3. The lowest BCUT2D eigenvalue weighted by molar-refractivity contribution is 0.885. The molecule has 28 heavy (non-hydrogen) atoms. The highest BCUT2D eigenvalue weighted by atomic mass is 35.9. The van der Waals surface area contributed by atoms with E-state index in [9.17, 15) is 0 Å². The first-order valence-corrected chi connectivity index (χ1v) is 26.8. The van der Waals surface area contributed by atoms with Crippen LogP contribution in [-0.2, 0) is 0 Å². The van der Waals surface area contributed by atoms with Gasteiger partial charge < -0.3 is 0 Å². The molecule has 2 atom stereocenters. The fraction of sp³-hybridized carbons (Fsp3) is 0.889. The van der Waals surface area contributed by atoms with Crippen LogP contribution in [0.3, 0.4) is 0 Å². The zero-order valence-electron chi connectivity index (χ0n) is 14.8. The van der Waals surface area contributed by atoms with Crippen molar-refractivity contribution >= 4 is 133 Å². The number of rotatable bonds is 7. The van der Waals surface area contributed by atoms with E-state index in [0.717, 1.165) is 25.7 Å². The van der Waals surface area contributed by atoms with Crippen molar-refractivity contribution in [3.05, 3.63) is 0 Å². The van der Waals surface area contributed by atoms with Crippen molar-refractivity contribution < 1.29 is 0 Å². The van der Waals surface area contributed by atoms with Gasteiger partial charge in [0, 0.05) is 17.9 Å². The van der Waals surface area contributed by atoms with E-state index in [-0.39, 0.29) is 0 Å². The number of nitrogens with zero attached hydrogens (tertiary/aromatic N) is 5. The molecule has 2 aliphatic heterocycles. The van der Waals surface area contributed by atoms with Crippen molar-refractivity contribution in [3.8, 4) is 0 Å². The third-order valence-electron chi connectivity index (χ3n) is 3.66. The minimum Gasteiger partial charge on any atom is -0.221 e. The van der Waals surface area contributed by atoms with Crippen LogP contribution in [0.25, 0.3) is 0 Å². The van der Waals surface area contributed by atoms with Gasteiger partial charge in [0.1, 0.15) is 13.8 Å². The normalized spacial score (nSPS) is 34.5. The minimum absolute atomic E-state index is 0.549. The van der Waals surface area contributed by atoms with E-state index in [1.54, 1.807) is 0 Å². The summed E-state index contributed by atoms with van der Waals surface area (Å²) in [7, 11) is 0.